The zero-order chi connectivity index (χ0) is 8.81. The van der Waals surface area contributed by atoms with E-state index in [1.54, 1.807) is 0 Å². The number of halogens is 1. The van der Waals surface area contributed by atoms with Gasteiger partial charge in [-0.05, 0) is 31.8 Å². The topological polar surface area (TPSA) is 67.2 Å². The fourth-order valence-electron chi connectivity index (χ4n) is 1.42. The maximum atomic E-state index is 10.8. The molecule has 1 heterocycles. The lowest BCUT2D eigenvalue weighted by Crippen LogP contribution is -2.38. The summed E-state index contributed by atoms with van der Waals surface area (Å²) in [4.78, 5) is 10.8. The van der Waals surface area contributed by atoms with Crippen LogP contribution >= 0.6 is 12.4 Å². The number of rotatable bonds is 3. The Bertz CT molecular complexity index is 148. The summed E-state index contributed by atoms with van der Waals surface area (Å²) in [6.45, 7) is 3.04. The Kier molecular flexibility index (Phi) is 6.94. The van der Waals surface area contributed by atoms with E-state index in [2.05, 4.69) is 10.6 Å². The number of carbonyl (C=O) groups is 1. The zero-order valence-electron chi connectivity index (χ0n) is 7.71. The van der Waals surface area contributed by atoms with E-state index in [9.17, 15) is 4.79 Å². The second kappa shape index (κ2) is 7.12. The predicted molar refractivity (Wildman–Crippen MR) is 54.9 cm³/mol. The Labute approximate surface area is 85.0 Å². The molecule has 1 rings (SSSR count). The number of carbonyl (C=O) groups excluding carboxylic acids is 1. The van der Waals surface area contributed by atoms with E-state index in [-0.39, 0.29) is 24.9 Å². The van der Waals surface area contributed by atoms with Crippen molar-refractivity contribution in [1.29, 1.82) is 0 Å². The number of amides is 1. The van der Waals surface area contributed by atoms with Crippen LogP contribution in [0, 0.1) is 5.92 Å². The van der Waals surface area contributed by atoms with Gasteiger partial charge in [-0.15, -0.1) is 12.4 Å². The van der Waals surface area contributed by atoms with Crippen molar-refractivity contribution >= 4 is 18.3 Å². The number of piperidine rings is 1. The normalized spacial score (nSPS) is 17.6. The monoisotopic (exact) mass is 207 g/mol. The van der Waals surface area contributed by atoms with E-state index < -0.39 is 0 Å². The van der Waals surface area contributed by atoms with Gasteiger partial charge in [-0.3, -0.25) is 4.79 Å². The third-order valence-corrected chi connectivity index (χ3v) is 2.23. The van der Waals surface area contributed by atoms with Crippen LogP contribution in [0.15, 0.2) is 0 Å². The molecule has 5 heteroatoms. The molecule has 1 saturated heterocycles. The highest BCUT2D eigenvalue weighted by atomic mass is 35.5. The second-order valence-corrected chi connectivity index (χ2v) is 3.20. The number of nitrogens with two attached hydrogens (primary N) is 1. The molecular formula is C8H18ClN3O. The van der Waals surface area contributed by atoms with Crippen molar-refractivity contribution < 1.29 is 4.79 Å². The van der Waals surface area contributed by atoms with Gasteiger partial charge in [-0.1, -0.05) is 0 Å². The van der Waals surface area contributed by atoms with Crippen LogP contribution in [0.4, 0.5) is 0 Å². The minimum Gasteiger partial charge on any atom is -0.355 e. The molecule has 0 radical (unpaired) electrons. The molecule has 0 unspecified atom stereocenters. The third-order valence-electron chi connectivity index (χ3n) is 2.23. The first-order chi connectivity index (χ1) is 5.83. The summed E-state index contributed by atoms with van der Waals surface area (Å²) in [6, 6.07) is 0. The Hall–Kier alpha value is -0.320. The van der Waals surface area contributed by atoms with E-state index in [0.717, 1.165) is 32.5 Å². The zero-order valence-corrected chi connectivity index (χ0v) is 8.53. The van der Waals surface area contributed by atoms with Gasteiger partial charge < -0.3 is 16.4 Å². The summed E-state index contributed by atoms with van der Waals surface area (Å²) in [5.41, 5.74) is 5.16. The minimum absolute atomic E-state index is 0. The molecule has 4 nitrogen and oxygen atoms in total. The van der Waals surface area contributed by atoms with Crippen molar-refractivity contribution in [3.8, 4) is 0 Å². The van der Waals surface area contributed by atoms with Crippen LogP contribution in [0.5, 0.6) is 0 Å². The molecule has 1 amide bonds. The Balaban J connectivity index is 0.00000144. The smallest absolute Gasteiger partial charge is 0.233 e. The van der Waals surface area contributed by atoms with Gasteiger partial charge in [-0.2, -0.15) is 0 Å². The molecule has 0 aromatic heterocycles. The SMILES string of the molecule is Cl.NCC(=O)NCC1CCNCC1. The van der Waals surface area contributed by atoms with Gasteiger partial charge in [0.25, 0.3) is 0 Å². The molecule has 0 aromatic rings. The minimum atomic E-state index is -0.0477. The maximum absolute atomic E-state index is 10.8. The average Bonchev–Trinajstić information content (AvgIpc) is 2.16. The van der Waals surface area contributed by atoms with Crippen molar-refractivity contribution in [2.75, 3.05) is 26.2 Å². The number of nitrogens with one attached hydrogen (secondary N) is 2. The van der Waals surface area contributed by atoms with E-state index in [4.69, 9.17) is 5.73 Å². The second-order valence-electron chi connectivity index (χ2n) is 3.20. The van der Waals surface area contributed by atoms with Gasteiger partial charge >= 0.3 is 0 Å². The van der Waals surface area contributed by atoms with Gasteiger partial charge in [0, 0.05) is 6.54 Å². The molecule has 4 N–H and O–H groups in total. The van der Waals surface area contributed by atoms with Crippen LogP contribution in [0.1, 0.15) is 12.8 Å². The van der Waals surface area contributed by atoms with E-state index in [0.29, 0.717) is 5.92 Å². The first-order valence-electron chi connectivity index (χ1n) is 4.50. The molecule has 0 spiro atoms. The fraction of sp³-hybridized carbons (Fsp3) is 0.875. The average molecular weight is 208 g/mol. The molecular weight excluding hydrogens is 190 g/mol. The van der Waals surface area contributed by atoms with E-state index >= 15 is 0 Å². The molecule has 1 fully saturated rings. The van der Waals surface area contributed by atoms with Crippen LogP contribution in [0.2, 0.25) is 0 Å². The summed E-state index contributed by atoms with van der Waals surface area (Å²) in [5, 5.41) is 6.09. The molecule has 78 valence electrons. The predicted octanol–water partition coefficient (Wildman–Crippen LogP) is -0.517. The first-order valence-corrected chi connectivity index (χ1v) is 4.50. The highest BCUT2D eigenvalue weighted by Gasteiger charge is 2.12. The molecule has 0 atom stereocenters. The lowest BCUT2D eigenvalue weighted by Gasteiger charge is -2.22. The molecule has 0 aliphatic carbocycles. The number of hydrogen-bond acceptors (Lipinski definition) is 3. The molecule has 0 saturated carbocycles. The molecule has 1 aliphatic heterocycles. The van der Waals surface area contributed by atoms with E-state index in [1.165, 1.54) is 0 Å². The molecule has 1 aliphatic rings. The van der Waals surface area contributed by atoms with Crippen molar-refractivity contribution in [3.63, 3.8) is 0 Å². The van der Waals surface area contributed by atoms with Crippen LogP contribution in [-0.4, -0.2) is 32.1 Å². The summed E-state index contributed by atoms with van der Waals surface area (Å²) >= 11 is 0. The lowest BCUT2D eigenvalue weighted by atomic mass is 9.98. The van der Waals surface area contributed by atoms with Crippen LogP contribution in [0.25, 0.3) is 0 Å². The van der Waals surface area contributed by atoms with Gasteiger partial charge in [0.2, 0.25) is 5.91 Å². The molecule has 0 bridgehead atoms. The van der Waals surface area contributed by atoms with Crippen molar-refractivity contribution in [2.24, 2.45) is 11.7 Å². The Morgan fingerprint density at radius 2 is 2.08 bits per heavy atom. The van der Waals surface area contributed by atoms with Crippen molar-refractivity contribution in [2.45, 2.75) is 12.8 Å². The fourth-order valence-corrected chi connectivity index (χ4v) is 1.42. The summed E-state index contributed by atoms with van der Waals surface area (Å²) in [6.07, 6.45) is 2.32. The third kappa shape index (κ3) is 5.08. The van der Waals surface area contributed by atoms with Crippen LogP contribution in [0.3, 0.4) is 0 Å². The highest BCUT2D eigenvalue weighted by Crippen LogP contribution is 2.09. The van der Waals surface area contributed by atoms with Crippen LogP contribution in [-0.2, 0) is 4.79 Å². The summed E-state index contributed by atoms with van der Waals surface area (Å²) in [5.74, 6) is 0.593. The maximum Gasteiger partial charge on any atom is 0.233 e. The van der Waals surface area contributed by atoms with E-state index in [1.807, 2.05) is 0 Å². The standard InChI is InChI=1S/C8H17N3O.ClH/c9-5-8(12)11-6-7-1-3-10-4-2-7;/h7,10H,1-6,9H2,(H,11,12);1H. The summed E-state index contributed by atoms with van der Waals surface area (Å²) < 4.78 is 0. The lowest BCUT2D eigenvalue weighted by molar-refractivity contribution is -0.119. The first kappa shape index (κ1) is 12.7. The van der Waals surface area contributed by atoms with Crippen molar-refractivity contribution in [3.05, 3.63) is 0 Å². The molecule has 13 heavy (non-hydrogen) atoms. The molecule has 0 aromatic carbocycles. The number of hydrogen-bond donors (Lipinski definition) is 3. The van der Waals surface area contributed by atoms with Gasteiger partial charge in [0.15, 0.2) is 0 Å². The summed E-state index contributed by atoms with van der Waals surface area (Å²) in [7, 11) is 0. The van der Waals surface area contributed by atoms with Crippen LogP contribution < -0.4 is 16.4 Å². The Morgan fingerprint density at radius 3 is 2.62 bits per heavy atom. The highest BCUT2D eigenvalue weighted by molar-refractivity contribution is 5.85. The largest absolute Gasteiger partial charge is 0.355 e. The van der Waals surface area contributed by atoms with Gasteiger partial charge in [-0.25, -0.2) is 0 Å². The quantitative estimate of drug-likeness (QED) is 0.584. The Morgan fingerprint density at radius 1 is 1.46 bits per heavy atom. The van der Waals surface area contributed by atoms with Crippen molar-refractivity contribution in [1.82, 2.24) is 10.6 Å². The van der Waals surface area contributed by atoms with Gasteiger partial charge in [0.1, 0.15) is 0 Å². The van der Waals surface area contributed by atoms with Gasteiger partial charge in [0.05, 0.1) is 6.54 Å².